The molecule has 8 nitrogen and oxygen atoms in total. The van der Waals surface area contributed by atoms with E-state index in [4.69, 9.17) is 10.5 Å². The minimum absolute atomic E-state index is 0.189. The Labute approximate surface area is 162 Å². The molecule has 8 heteroatoms. The Bertz CT molecular complexity index is 1040. The Morgan fingerprint density at radius 3 is 2.75 bits per heavy atom. The maximum atomic E-state index is 12.9. The van der Waals surface area contributed by atoms with Crippen molar-refractivity contribution in [1.29, 1.82) is 0 Å². The second-order valence-corrected chi connectivity index (χ2v) is 7.09. The summed E-state index contributed by atoms with van der Waals surface area (Å²) >= 11 is 0. The zero-order valence-corrected chi connectivity index (χ0v) is 15.6. The van der Waals surface area contributed by atoms with Gasteiger partial charge in [-0.2, -0.15) is 0 Å². The molecule has 1 aromatic carbocycles. The lowest BCUT2D eigenvalue weighted by atomic mass is 10.0. The highest BCUT2D eigenvalue weighted by atomic mass is 16.5. The molecule has 3 N–H and O–H groups in total. The van der Waals surface area contributed by atoms with Crippen LogP contribution in [0.2, 0.25) is 0 Å². The van der Waals surface area contributed by atoms with E-state index in [1.165, 1.54) is 6.20 Å². The number of ether oxygens (including phenoxy) is 1. The number of hydrogen-bond donors (Lipinski definition) is 2. The van der Waals surface area contributed by atoms with Gasteiger partial charge in [0.15, 0.2) is 5.82 Å². The van der Waals surface area contributed by atoms with Gasteiger partial charge < -0.3 is 20.4 Å². The number of nitrogens with two attached hydrogens (primary N) is 1. The molecule has 0 bridgehead atoms. The fraction of sp³-hybridized carbons (Fsp3) is 0.200. The minimum Gasteiger partial charge on any atom is -0.487 e. The molecule has 0 atom stereocenters. The van der Waals surface area contributed by atoms with Gasteiger partial charge in [0, 0.05) is 49.0 Å². The van der Waals surface area contributed by atoms with Crippen molar-refractivity contribution in [3.8, 4) is 11.4 Å². The number of amides is 1. The Morgan fingerprint density at radius 1 is 1.29 bits per heavy atom. The first kappa shape index (κ1) is 17.7. The van der Waals surface area contributed by atoms with E-state index in [-0.39, 0.29) is 17.0 Å². The van der Waals surface area contributed by atoms with Crippen LogP contribution in [0.1, 0.15) is 25.2 Å². The highest BCUT2D eigenvalue weighted by molar-refractivity contribution is 6.24. The molecule has 0 radical (unpaired) electrons. The number of carbonyl (C=O) groups excluding carboxylic acids is 1. The molecule has 0 spiro atoms. The van der Waals surface area contributed by atoms with Crippen molar-refractivity contribution in [3.63, 3.8) is 0 Å². The molecule has 4 rings (SSSR count). The highest BCUT2D eigenvalue weighted by Crippen LogP contribution is 2.39. The molecule has 1 amide bonds. The van der Waals surface area contributed by atoms with Gasteiger partial charge in [0.05, 0.1) is 23.3 Å². The average molecular weight is 376 g/mol. The van der Waals surface area contributed by atoms with Gasteiger partial charge in [0.2, 0.25) is 0 Å². The molecule has 0 fully saturated rings. The molecule has 1 aliphatic rings. The minimum atomic E-state index is -0.395. The number of nitrogens with one attached hydrogen (secondary N) is 1. The number of imidazole rings is 1. The number of fused-ring (bicyclic) bond motifs is 1. The number of hydrogen-bond acceptors (Lipinski definition) is 6. The van der Waals surface area contributed by atoms with E-state index in [1.807, 2.05) is 30.5 Å². The predicted molar refractivity (Wildman–Crippen MR) is 105 cm³/mol. The molecule has 0 saturated carbocycles. The molecule has 0 saturated heterocycles. The summed E-state index contributed by atoms with van der Waals surface area (Å²) in [6.45, 7) is 4.06. The first-order chi connectivity index (χ1) is 13.5. The molecule has 28 heavy (non-hydrogen) atoms. The molecule has 3 heterocycles. The third-order valence-corrected chi connectivity index (χ3v) is 4.43. The van der Waals surface area contributed by atoms with E-state index < -0.39 is 5.91 Å². The molecule has 0 unspecified atom stereocenters. The fourth-order valence-electron chi connectivity index (χ4n) is 3.23. The lowest BCUT2D eigenvalue weighted by Gasteiger charge is -2.17. The quantitative estimate of drug-likeness (QED) is 0.677. The predicted octanol–water partition coefficient (Wildman–Crippen LogP) is 2.31. The summed E-state index contributed by atoms with van der Waals surface area (Å²) < 4.78 is 7.85. The largest absolute Gasteiger partial charge is 0.487 e. The van der Waals surface area contributed by atoms with Crippen molar-refractivity contribution >= 4 is 17.2 Å². The highest BCUT2D eigenvalue weighted by Gasteiger charge is 2.31. The topological polar surface area (TPSA) is 108 Å². The maximum Gasteiger partial charge on any atom is 0.261 e. The van der Waals surface area contributed by atoms with Gasteiger partial charge in [-0.05, 0) is 26.0 Å². The second kappa shape index (κ2) is 6.80. The van der Waals surface area contributed by atoms with Crippen LogP contribution in [0.25, 0.3) is 11.3 Å². The third kappa shape index (κ3) is 3.32. The number of benzene rings is 1. The lowest BCUT2D eigenvalue weighted by Crippen LogP contribution is -2.24. The number of rotatable bonds is 4. The van der Waals surface area contributed by atoms with Gasteiger partial charge in [0.1, 0.15) is 11.4 Å². The van der Waals surface area contributed by atoms with Crippen LogP contribution in [-0.2, 0) is 11.2 Å². The van der Waals surface area contributed by atoms with E-state index in [0.29, 0.717) is 5.69 Å². The first-order valence-electron chi connectivity index (χ1n) is 8.82. The average Bonchev–Trinajstić information content (AvgIpc) is 3.28. The van der Waals surface area contributed by atoms with Crippen LogP contribution in [0, 0.1) is 0 Å². The van der Waals surface area contributed by atoms with Crippen LogP contribution in [0.5, 0.6) is 5.75 Å². The summed E-state index contributed by atoms with van der Waals surface area (Å²) in [5.41, 5.74) is 7.97. The van der Waals surface area contributed by atoms with Crippen molar-refractivity contribution < 1.29 is 9.53 Å². The van der Waals surface area contributed by atoms with Gasteiger partial charge in [-0.3, -0.25) is 4.79 Å². The van der Waals surface area contributed by atoms with E-state index in [0.717, 1.165) is 23.4 Å². The maximum absolute atomic E-state index is 12.9. The van der Waals surface area contributed by atoms with Crippen LogP contribution in [0.15, 0.2) is 55.5 Å². The van der Waals surface area contributed by atoms with E-state index in [1.54, 1.807) is 37.2 Å². The molecular formula is C20H20N6O2. The van der Waals surface area contributed by atoms with Crippen LogP contribution < -0.4 is 15.8 Å². The van der Waals surface area contributed by atoms with Crippen LogP contribution >= 0.6 is 0 Å². The third-order valence-electron chi connectivity index (χ3n) is 4.43. The number of aromatic nitrogens is 4. The van der Waals surface area contributed by atoms with Crippen LogP contribution in [0.3, 0.4) is 0 Å². The van der Waals surface area contributed by atoms with Crippen molar-refractivity contribution in [1.82, 2.24) is 19.5 Å². The van der Waals surface area contributed by atoms with E-state index >= 15 is 0 Å². The van der Waals surface area contributed by atoms with Crippen molar-refractivity contribution in [2.45, 2.75) is 25.9 Å². The molecule has 142 valence electrons. The zero-order chi connectivity index (χ0) is 19.7. The van der Waals surface area contributed by atoms with Gasteiger partial charge >= 0.3 is 0 Å². The fourth-order valence-corrected chi connectivity index (χ4v) is 3.23. The normalized spacial score (nSPS) is 15.0. The SMILES string of the molecule is CC1(C)Cc2cc(NC(=O)C(=CN)c3ncccn3)c(-n3ccnc3)cc2O1. The standard InChI is InChI=1S/C20H20N6O2/c1-20(2)10-13-8-15(16(9-17(13)28-20)26-7-6-22-12-26)25-19(27)14(11-21)18-23-4-3-5-24-18/h3-9,11-12H,10,21H2,1-2H3,(H,25,27). The first-order valence-corrected chi connectivity index (χ1v) is 8.82. The lowest BCUT2D eigenvalue weighted by molar-refractivity contribution is -0.111. The molecule has 1 aliphatic heterocycles. The smallest absolute Gasteiger partial charge is 0.261 e. The van der Waals surface area contributed by atoms with E-state index in [2.05, 4.69) is 20.3 Å². The Morgan fingerprint density at radius 2 is 2.07 bits per heavy atom. The van der Waals surface area contributed by atoms with Gasteiger partial charge in [-0.15, -0.1) is 0 Å². The molecule has 3 aromatic rings. The van der Waals surface area contributed by atoms with Crippen LogP contribution in [-0.4, -0.2) is 31.0 Å². The van der Waals surface area contributed by atoms with E-state index in [9.17, 15) is 4.79 Å². The van der Waals surface area contributed by atoms with Crippen molar-refractivity contribution in [2.75, 3.05) is 5.32 Å². The monoisotopic (exact) mass is 376 g/mol. The number of anilines is 1. The summed E-state index contributed by atoms with van der Waals surface area (Å²) in [5, 5.41) is 2.93. The Kier molecular flexibility index (Phi) is 4.31. The zero-order valence-electron chi connectivity index (χ0n) is 15.6. The van der Waals surface area contributed by atoms with Crippen molar-refractivity contribution in [3.05, 3.63) is 66.9 Å². The Balaban J connectivity index is 1.72. The summed E-state index contributed by atoms with van der Waals surface area (Å²) in [5.74, 6) is 0.665. The summed E-state index contributed by atoms with van der Waals surface area (Å²) in [6.07, 6.45) is 10.2. The second-order valence-electron chi connectivity index (χ2n) is 7.09. The van der Waals surface area contributed by atoms with Crippen LogP contribution in [0.4, 0.5) is 5.69 Å². The van der Waals surface area contributed by atoms with Gasteiger partial charge in [-0.1, -0.05) is 0 Å². The molecular weight excluding hydrogens is 356 g/mol. The van der Waals surface area contributed by atoms with Gasteiger partial charge in [-0.25, -0.2) is 15.0 Å². The molecule has 0 aliphatic carbocycles. The summed E-state index contributed by atoms with van der Waals surface area (Å²) in [7, 11) is 0. The number of nitrogens with zero attached hydrogens (tertiary/aromatic N) is 4. The number of carbonyl (C=O) groups is 1. The summed E-state index contributed by atoms with van der Waals surface area (Å²) in [6, 6.07) is 5.51. The van der Waals surface area contributed by atoms with Gasteiger partial charge in [0.25, 0.3) is 5.91 Å². The molecule has 2 aromatic heterocycles. The summed E-state index contributed by atoms with van der Waals surface area (Å²) in [4.78, 5) is 25.2. The Hall–Kier alpha value is -3.68. The van der Waals surface area contributed by atoms with Crippen molar-refractivity contribution in [2.24, 2.45) is 5.73 Å².